The summed E-state index contributed by atoms with van der Waals surface area (Å²) in [5.41, 5.74) is 0.762. The normalized spacial score (nSPS) is 14.9. The van der Waals surface area contributed by atoms with E-state index in [9.17, 15) is 9.59 Å². The second-order valence-corrected chi connectivity index (χ2v) is 14.8. The van der Waals surface area contributed by atoms with Gasteiger partial charge in [-0.2, -0.15) is 0 Å². The number of carbonyl (C=O) groups is 2. The molecule has 0 aliphatic carbocycles. The van der Waals surface area contributed by atoms with Crippen LogP contribution in [0.25, 0.3) is 20.5 Å². The second-order valence-electron chi connectivity index (χ2n) is 12.8. The minimum atomic E-state index is -0.528. The van der Waals surface area contributed by atoms with Gasteiger partial charge < -0.3 is 29.1 Å². The Labute approximate surface area is 295 Å². The summed E-state index contributed by atoms with van der Waals surface area (Å²) in [5, 5.41) is 3.78. The Morgan fingerprint density at radius 3 is 2.17 bits per heavy atom. The molecule has 11 heteroatoms. The van der Waals surface area contributed by atoms with Crippen molar-refractivity contribution in [1.29, 1.82) is 0 Å². The van der Waals surface area contributed by atoms with Crippen molar-refractivity contribution in [2.24, 2.45) is 5.41 Å². The van der Waals surface area contributed by atoms with Crippen LogP contribution in [0.3, 0.4) is 0 Å². The van der Waals surface area contributed by atoms with Gasteiger partial charge in [0.1, 0.15) is 36.7 Å². The van der Waals surface area contributed by atoms with Gasteiger partial charge in [0.05, 0.1) is 24.6 Å². The lowest BCUT2D eigenvalue weighted by molar-refractivity contribution is -0.129. The maximum absolute atomic E-state index is 12.1. The van der Waals surface area contributed by atoms with E-state index in [1.54, 1.807) is 18.4 Å². The maximum atomic E-state index is 12.1. The standard InChI is InChI=1S/C37H44BrN3O6S/c1-37(2,3)33(24-42)39-34(43)25-45-21-19-40-15-17-41(18-16-40)20-22-46-28-9-11-29(12-10-28)47-35-31-14-13-30(44-4)23-32(31)48-36(35)26-5-7-27(38)8-6-26/h5-14,23-24,33H,15-22,25H2,1-4H3,(H,39,43). The summed E-state index contributed by atoms with van der Waals surface area (Å²) in [6.45, 7) is 12.2. The fourth-order valence-corrected chi connectivity index (χ4v) is 6.78. The third kappa shape index (κ3) is 9.79. The number of piperazine rings is 1. The van der Waals surface area contributed by atoms with Crippen LogP contribution in [-0.4, -0.2) is 94.2 Å². The van der Waals surface area contributed by atoms with E-state index in [1.807, 2.05) is 69.3 Å². The van der Waals surface area contributed by atoms with Crippen molar-refractivity contribution in [2.45, 2.75) is 26.8 Å². The molecule has 2 heterocycles. The van der Waals surface area contributed by atoms with Crippen LogP contribution in [-0.2, 0) is 14.3 Å². The van der Waals surface area contributed by atoms with E-state index in [-0.39, 0.29) is 17.9 Å². The molecule has 0 spiro atoms. The molecule has 0 saturated carbocycles. The van der Waals surface area contributed by atoms with Crippen molar-refractivity contribution in [2.75, 3.05) is 66.2 Å². The molecule has 3 aromatic carbocycles. The van der Waals surface area contributed by atoms with Crippen LogP contribution in [0.15, 0.2) is 71.2 Å². The number of carbonyl (C=O) groups excluding carboxylic acids is 2. The highest BCUT2D eigenvalue weighted by atomic mass is 79.9. The zero-order valence-corrected chi connectivity index (χ0v) is 30.4. The first-order chi connectivity index (χ1) is 23.1. The lowest BCUT2D eigenvalue weighted by atomic mass is 9.88. The Balaban J connectivity index is 1.05. The predicted octanol–water partition coefficient (Wildman–Crippen LogP) is 6.87. The molecule has 256 valence electrons. The van der Waals surface area contributed by atoms with Crippen molar-refractivity contribution in [3.63, 3.8) is 0 Å². The summed E-state index contributed by atoms with van der Waals surface area (Å²) >= 11 is 5.22. The smallest absolute Gasteiger partial charge is 0.246 e. The molecule has 0 radical (unpaired) electrons. The molecule has 1 amide bonds. The van der Waals surface area contributed by atoms with E-state index in [0.717, 1.165) is 93.6 Å². The van der Waals surface area contributed by atoms with Crippen molar-refractivity contribution in [3.05, 3.63) is 71.2 Å². The van der Waals surface area contributed by atoms with E-state index in [0.29, 0.717) is 13.2 Å². The Kier molecular flexibility index (Phi) is 12.5. The molecule has 4 aromatic rings. The van der Waals surface area contributed by atoms with Crippen molar-refractivity contribution >= 4 is 49.5 Å². The molecule has 48 heavy (non-hydrogen) atoms. The summed E-state index contributed by atoms with van der Waals surface area (Å²) in [7, 11) is 1.68. The number of benzene rings is 3. The van der Waals surface area contributed by atoms with Crippen molar-refractivity contribution in [3.8, 4) is 33.4 Å². The predicted molar refractivity (Wildman–Crippen MR) is 195 cm³/mol. The molecule has 1 saturated heterocycles. The monoisotopic (exact) mass is 737 g/mol. The topological polar surface area (TPSA) is 89.6 Å². The highest BCUT2D eigenvalue weighted by Gasteiger charge is 2.25. The fraction of sp³-hybridized carbons (Fsp3) is 0.405. The van der Waals surface area contributed by atoms with Crippen molar-refractivity contribution < 1.29 is 28.5 Å². The number of ether oxygens (including phenoxy) is 4. The number of aldehydes is 1. The first-order valence-corrected chi connectivity index (χ1v) is 17.8. The molecule has 0 bridgehead atoms. The number of nitrogens with zero attached hydrogens (tertiary/aromatic N) is 2. The summed E-state index contributed by atoms with van der Waals surface area (Å²) in [6.07, 6.45) is 0.779. The Morgan fingerprint density at radius 1 is 0.917 bits per heavy atom. The molecule has 1 N–H and O–H groups in total. The van der Waals surface area contributed by atoms with Gasteiger partial charge >= 0.3 is 0 Å². The lowest BCUT2D eigenvalue weighted by Gasteiger charge is -2.34. The van der Waals surface area contributed by atoms with Gasteiger partial charge in [0.25, 0.3) is 0 Å². The van der Waals surface area contributed by atoms with Gasteiger partial charge in [0.2, 0.25) is 5.91 Å². The largest absolute Gasteiger partial charge is 0.497 e. The average Bonchev–Trinajstić information content (AvgIpc) is 3.43. The number of amides is 1. The van der Waals surface area contributed by atoms with Crippen LogP contribution in [0.1, 0.15) is 20.8 Å². The number of rotatable bonds is 15. The van der Waals surface area contributed by atoms with Gasteiger partial charge in [-0.15, -0.1) is 11.3 Å². The minimum absolute atomic E-state index is 0.0433. The highest BCUT2D eigenvalue weighted by Crippen LogP contribution is 2.47. The maximum Gasteiger partial charge on any atom is 0.246 e. The van der Waals surface area contributed by atoms with E-state index in [4.69, 9.17) is 18.9 Å². The molecule has 5 rings (SSSR count). The number of halogens is 1. The van der Waals surface area contributed by atoms with Gasteiger partial charge in [0, 0.05) is 53.8 Å². The van der Waals surface area contributed by atoms with E-state index >= 15 is 0 Å². The van der Waals surface area contributed by atoms with Gasteiger partial charge in [-0.1, -0.05) is 48.8 Å². The second kappa shape index (κ2) is 16.8. The van der Waals surface area contributed by atoms with E-state index < -0.39 is 6.04 Å². The van der Waals surface area contributed by atoms with Crippen LogP contribution >= 0.6 is 27.3 Å². The first kappa shape index (κ1) is 35.8. The number of hydrogen-bond donors (Lipinski definition) is 1. The number of nitrogens with one attached hydrogen (secondary N) is 1. The quantitative estimate of drug-likeness (QED) is 0.104. The van der Waals surface area contributed by atoms with Gasteiger partial charge in [-0.05, 0) is 65.6 Å². The summed E-state index contributed by atoms with van der Waals surface area (Å²) < 4.78 is 25.8. The lowest BCUT2D eigenvalue weighted by Crippen LogP contribution is -2.48. The number of methoxy groups -OCH3 is 1. The van der Waals surface area contributed by atoms with Crippen molar-refractivity contribution in [1.82, 2.24) is 15.1 Å². The third-order valence-corrected chi connectivity index (χ3v) is 10.0. The van der Waals surface area contributed by atoms with Crippen LogP contribution in [0.4, 0.5) is 0 Å². The van der Waals surface area contributed by atoms with Gasteiger partial charge in [-0.25, -0.2) is 0 Å². The average molecular weight is 739 g/mol. The molecule has 1 unspecified atom stereocenters. The molecule has 1 aromatic heterocycles. The molecule has 1 atom stereocenters. The molecular formula is C37H44BrN3O6S. The van der Waals surface area contributed by atoms with Gasteiger partial charge in [-0.3, -0.25) is 14.6 Å². The van der Waals surface area contributed by atoms with E-state index in [2.05, 4.69) is 49.2 Å². The molecule has 9 nitrogen and oxygen atoms in total. The zero-order valence-electron chi connectivity index (χ0n) is 28.0. The summed E-state index contributed by atoms with van der Waals surface area (Å²) in [5.74, 6) is 2.92. The number of fused-ring (bicyclic) bond motifs is 1. The van der Waals surface area contributed by atoms with Gasteiger partial charge in [0.15, 0.2) is 5.75 Å². The fourth-order valence-electron chi connectivity index (χ4n) is 5.35. The number of hydrogen-bond acceptors (Lipinski definition) is 9. The first-order valence-electron chi connectivity index (χ1n) is 16.2. The summed E-state index contributed by atoms with van der Waals surface area (Å²) in [6, 6.07) is 21.6. The molecule has 1 aliphatic rings. The molecular weight excluding hydrogens is 694 g/mol. The van der Waals surface area contributed by atoms with Crippen LogP contribution < -0.4 is 19.5 Å². The van der Waals surface area contributed by atoms with Crippen LogP contribution in [0, 0.1) is 5.41 Å². The zero-order chi connectivity index (χ0) is 34.1. The summed E-state index contributed by atoms with van der Waals surface area (Å²) in [4.78, 5) is 29.2. The highest BCUT2D eigenvalue weighted by molar-refractivity contribution is 9.10. The third-order valence-electron chi connectivity index (χ3n) is 8.31. The Bertz CT molecular complexity index is 1650. The minimum Gasteiger partial charge on any atom is -0.497 e. The SMILES string of the molecule is COc1ccc2c(Oc3ccc(OCCN4CCN(CCOCC(=O)NC(C=O)C(C)(C)C)CC4)cc3)c(-c3ccc(Br)cc3)sc2c1. The molecule has 1 aliphatic heterocycles. The van der Waals surface area contributed by atoms with Crippen LogP contribution in [0.2, 0.25) is 0 Å². The van der Waals surface area contributed by atoms with E-state index in [1.165, 1.54) is 0 Å². The number of thiophene rings is 1. The molecule has 1 fully saturated rings. The Hall–Kier alpha value is -3.48. The van der Waals surface area contributed by atoms with Crippen LogP contribution in [0.5, 0.6) is 23.0 Å². The Morgan fingerprint density at radius 2 is 1.54 bits per heavy atom.